The maximum Gasteiger partial charge on any atom is 0.225 e. The van der Waals surface area contributed by atoms with E-state index in [-0.39, 0.29) is 11.9 Å². The zero-order chi connectivity index (χ0) is 14.3. The molecule has 1 aromatic heterocycles. The molecular formula is C17H16N2O2. The van der Waals surface area contributed by atoms with Gasteiger partial charge in [0.05, 0.1) is 18.3 Å². The highest BCUT2D eigenvalue weighted by Crippen LogP contribution is 2.50. The average molecular weight is 280 g/mol. The number of pyridine rings is 1. The van der Waals surface area contributed by atoms with E-state index in [2.05, 4.69) is 4.98 Å². The van der Waals surface area contributed by atoms with Crippen LogP contribution in [0.2, 0.25) is 0 Å². The lowest BCUT2D eigenvalue weighted by molar-refractivity contribution is -0.140. The summed E-state index contributed by atoms with van der Waals surface area (Å²) in [5.41, 5.74) is 1.26. The molecule has 21 heavy (non-hydrogen) atoms. The first-order chi connectivity index (χ1) is 10.3. The van der Waals surface area contributed by atoms with E-state index in [4.69, 9.17) is 4.74 Å². The number of aromatic nitrogens is 1. The molecule has 2 saturated heterocycles. The molecule has 1 aromatic carbocycles. The van der Waals surface area contributed by atoms with Crippen LogP contribution >= 0.6 is 0 Å². The number of hydrogen-bond donors (Lipinski definition) is 0. The summed E-state index contributed by atoms with van der Waals surface area (Å²) in [5.74, 6) is 0.145. The average Bonchev–Trinajstić information content (AvgIpc) is 3.09. The Morgan fingerprint density at radius 3 is 2.71 bits per heavy atom. The van der Waals surface area contributed by atoms with Gasteiger partial charge in [-0.05, 0) is 17.7 Å². The number of benzene rings is 1. The number of fused-ring (bicyclic) bond motifs is 1. The molecule has 0 aliphatic carbocycles. The molecule has 1 amide bonds. The normalized spacial score (nSPS) is 27.9. The van der Waals surface area contributed by atoms with Crippen molar-refractivity contribution >= 4 is 5.91 Å². The minimum atomic E-state index is -0.682. The van der Waals surface area contributed by atoms with Gasteiger partial charge in [-0.3, -0.25) is 14.7 Å². The summed E-state index contributed by atoms with van der Waals surface area (Å²) >= 11 is 0. The van der Waals surface area contributed by atoms with E-state index in [1.54, 1.807) is 6.20 Å². The number of carbonyl (C=O) groups is 1. The van der Waals surface area contributed by atoms with Crippen LogP contribution < -0.4 is 0 Å². The zero-order valence-corrected chi connectivity index (χ0v) is 11.6. The largest absolute Gasteiger partial charge is 0.347 e. The molecule has 3 heterocycles. The van der Waals surface area contributed by atoms with Crippen LogP contribution in [-0.2, 0) is 15.3 Å². The van der Waals surface area contributed by atoms with Crippen LogP contribution in [0.1, 0.15) is 30.1 Å². The van der Waals surface area contributed by atoms with Crippen molar-refractivity contribution < 1.29 is 9.53 Å². The molecule has 4 rings (SSSR count). The van der Waals surface area contributed by atoms with E-state index in [0.717, 1.165) is 11.3 Å². The second-order valence-corrected chi connectivity index (χ2v) is 5.50. The van der Waals surface area contributed by atoms with Crippen molar-refractivity contribution in [3.8, 4) is 0 Å². The SMILES string of the molecule is O=C1CC[C@]2(c3ccccn3)OC[C@@H](c3ccccc3)N12. The van der Waals surface area contributed by atoms with Crippen LogP contribution in [0.4, 0.5) is 0 Å². The summed E-state index contributed by atoms with van der Waals surface area (Å²) in [5, 5.41) is 0. The Kier molecular flexibility index (Phi) is 2.79. The highest BCUT2D eigenvalue weighted by Gasteiger charge is 2.56. The quantitative estimate of drug-likeness (QED) is 0.849. The zero-order valence-electron chi connectivity index (χ0n) is 11.6. The van der Waals surface area contributed by atoms with Gasteiger partial charge in [0.25, 0.3) is 0 Å². The van der Waals surface area contributed by atoms with Gasteiger partial charge in [0, 0.05) is 19.0 Å². The van der Waals surface area contributed by atoms with Crippen molar-refractivity contribution in [1.29, 1.82) is 0 Å². The van der Waals surface area contributed by atoms with Crippen molar-refractivity contribution in [2.24, 2.45) is 0 Å². The molecule has 4 nitrogen and oxygen atoms in total. The van der Waals surface area contributed by atoms with Crippen LogP contribution in [0.15, 0.2) is 54.7 Å². The van der Waals surface area contributed by atoms with Gasteiger partial charge in [-0.2, -0.15) is 0 Å². The highest BCUT2D eigenvalue weighted by atomic mass is 16.5. The number of rotatable bonds is 2. The maximum atomic E-state index is 12.4. The lowest BCUT2D eigenvalue weighted by atomic mass is 10.0. The van der Waals surface area contributed by atoms with Crippen molar-refractivity contribution in [3.63, 3.8) is 0 Å². The van der Waals surface area contributed by atoms with Crippen LogP contribution in [0.25, 0.3) is 0 Å². The molecule has 2 fully saturated rings. The topological polar surface area (TPSA) is 42.4 Å². The molecule has 0 N–H and O–H groups in total. The third-order valence-electron chi connectivity index (χ3n) is 4.38. The summed E-state index contributed by atoms with van der Waals surface area (Å²) in [7, 11) is 0. The Bertz CT molecular complexity index is 659. The van der Waals surface area contributed by atoms with Gasteiger partial charge in [-0.25, -0.2) is 0 Å². The number of ether oxygens (including phenoxy) is 1. The Balaban J connectivity index is 1.78. The van der Waals surface area contributed by atoms with Crippen molar-refractivity contribution in [2.75, 3.05) is 6.61 Å². The Morgan fingerprint density at radius 2 is 1.95 bits per heavy atom. The fourth-order valence-corrected chi connectivity index (χ4v) is 3.42. The second-order valence-electron chi connectivity index (χ2n) is 5.50. The number of carbonyl (C=O) groups excluding carboxylic acids is 1. The van der Waals surface area contributed by atoms with E-state index in [0.29, 0.717) is 19.4 Å². The molecule has 0 spiro atoms. The Morgan fingerprint density at radius 1 is 1.14 bits per heavy atom. The third-order valence-corrected chi connectivity index (χ3v) is 4.38. The summed E-state index contributed by atoms with van der Waals surface area (Å²) in [4.78, 5) is 18.8. The number of amides is 1. The van der Waals surface area contributed by atoms with Crippen molar-refractivity contribution in [1.82, 2.24) is 9.88 Å². The Hall–Kier alpha value is -2.20. The number of hydrogen-bond acceptors (Lipinski definition) is 3. The first kappa shape index (κ1) is 12.5. The minimum Gasteiger partial charge on any atom is -0.347 e. The fraction of sp³-hybridized carbons (Fsp3) is 0.294. The van der Waals surface area contributed by atoms with Crippen LogP contribution in [0.5, 0.6) is 0 Å². The highest BCUT2D eigenvalue weighted by molar-refractivity contribution is 5.80. The summed E-state index contributed by atoms with van der Waals surface area (Å²) in [6.07, 6.45) is 2.94. The lowest BCUT2D eigenvalue weighted by Gasteiger charge is -2.32. The van der Waals surface area contributed by atoms with E-state index in [1.165, 1.54) is 0 Å². The predicted octanol–water partition coefficient (Wildman–Crippen LogP) is 2.63. The molecule has 0 unspecified atom stereocenters. The van der Waals surface area contributed by atoms with Gasteiger partial charge in [0.1, 0.15) is 0 Å². The third kappa shape index (κ3) is 1.79. The van der Waals surface area contributed by atoms with E-state index >= 15 is 0 Å². The summed E-state index contributed by atoms with van der Waals surface area (Å²) < 4.78 is 6.13. The van der Waals surface area contributed by atoms with E-state index < -0.39 is 5.72 Å². The molecule has 4 heteroatoms. The standard InChI is InChI=1S/C17H16N2O2/c20-16-9-10-17(15-8-4-5-11-18-15)19(16)14(12-21-17)13-6-2-1-3-7-13/h1-8,11,14H,9-10,12H2/t14-,17+/m0/s1. The van der Waals surface area contributed by atoms with Crippen LogP contribution in [-0.4, -0.2) is 22.4 Å². The molecule has 2 aliphatic rings. The first-order valence-corrected chi connectivity index (χ1v) is 7.24. The molecule has 2 aromatic rings. The lowest BCUT2D eigenvalue weighted by Crippen LogP contribution is -2.40. The van der Waals surface area contributed by atoms with Crippen molar-refractivity contribution in [2.45, 2.75) is 24.6 Å². The van der Waals surface area contributed by atoms with Crippen LogP contribution in [0.3, 0.4) is 0 Å². The molecule has 2 aliphatic heterocycles. The van der Waals surface area contributed by atoms with Gasteiger partial charge in [0.2, 0.25) is 5.91 Å². The molecule has 106 valence electrons. The second kappa shape index (κ2) is 4.67. The number of nitrogens with zero attached hydrogens (tertiary/aromatic N) is 2. The van der Waals surface area contributed by atoms with Gasteiger partial charge in [-0.1, -0.05) is 36.4 Å². The molecular weight excluding hydrogens is 264 g/mol. The first-order valence-electron chi connectivity index (χ1n) is 7.24. The van der Waals surface area contributed by atoms with E-state index in [1.807, 2.05) is 53.4 Å². The van der Waals surface area contributed by atoms with Gasteiger partial charge in [0.15, 0.2) is 5.72 Å². The van der Waals surface area contributed by atoms with Crippen molar-refractivity contribution in [3.05, 3.63) is 66.0 Å². The molecule has 2 atom stereocenters. The smallest absolute Gasteiger partial charge is 0.225 e. The van der Waals surface area contributed by atoms with Gasteiger partial charge >= 0.3 is 0 Å². The monoisotopic (exact) mass is 280 g/mol. The summed E-state index contributed by atoms with van der Waals surface area (Å²) in [6.45, 7) is 0.520. The molecule has 0 bridgehead atoms. The summed E-state index contributed by atoms with van der Waals surface area (Å²) in [6, 6.07) is 15.8. The van der Waals surface area contributed by atoms with Gasteiger partial charge in [-0.15, -0.1) is 0 Å². The van der Waals surface area contributed by atoms with Crippen LogP contribution in [0, 0.1) is 0 Å². The maximum absolute atomic E-state index is 12.4. The Labute approximate surface area is 123 Å². The molecule has 0 radical (unpaired) electrons. The van der Waals surface area contributed by atoms with E-state index in [9.17, 15) is 4.79 Å². The van der Waals surface area contributed by atoms with Gasteiger partial charge < -0.3 is 4.74 Å². The predicted molar refractivity (Wildman–Crippen MR) is 77.1 cm³/mol. The molecule has 0 saturated carbocycles. The minimum absolute atomic E-state index is 0.0248. The fourth-order valence-electron chi connectivity index (χ4n) is 3.42.